The van der Waals surface area contributed by atoms with Crippen molar-refractivity contribution in [3.63, 3.8) is 0 Å². The highest BCUT2D eigenvalue weighted by Crippen LogP contribution is 2.33. The van der Waals surface area contributed by atoms with Crippen LogP contribution < -0.4 is 53.7 Å². The number of nitrogens with two attached hydrogens (primary N) is 1. The summed E-state index contributed by atoms with van der Waals surface area (Å²) in [5.41, 5.74) is 6.97. The van der Waals surface area contributed by atoms with E-state index in [4.69, 9.17) is 10.9 Å². The topological polar surface area (TPSA) is 308 Å². The normalized spacial score (nSPS) is 19.0. The van der Waals surface area contributed by atoms with Gasteiger partial charge in [-0.15, -0.1) is 0 Å². The molecule has 21 heteroatoms. The third-order valence-electron chi connectivity index (χ3n) is 9.65. The Bertz CT molecular complexity index is 1450. The standard InChI is InChI=1S/C37H64N10O10S/c1-20(2)14-23(16-29(49)47-57)35(54)42-22(5)34(53)44-25(15-21(3)4)36(55)41-17-30(50)40-18-31(51)43-24(33(38)52)10-8-9-13-39-28(48)12-7-6-11-27-32-26(19-58-27)45-37(56)46-32/h20-27,32,57H,6-19H2,1-5H3,(H2,38,52)(H,39,48)(H,40,50)(H,41,55)(H,42,54)(H,43,51)(H,44,53)(H,47,49)(H2,45,46,56)/t22-,23?,24-,25-,26-,27-,32-/m0/s1. The Balaban J connectivity index is 1.68. The second-order valence-corrected chi connectivity index (χ2v) is 17.0. The fraction of sp³-hybridized carbons (Fsp3) is 0.757. The molecule has 0 aromatic rings. The maximum absolute atomic E-state index is 13.0. The molecule has 0 aromatic carbocycles. The number of unbranched alkanes of at least 4 members (excludes halogenated alkanes) is 2. The van der Waals surface area contributed by atoms with E-state index in [2.05, 4.69) is 42.5 Å². The second-order valence-electron chi connectivity index (χ2n) is 15.7. The SMILES string of the molecule is CC(C)CC(CC(=O)NO)C(=O)N[C@@H](C)C(=O)N[C@@H](CC(C)C)C(=O)NCC(=O)NCC(=O)N[C@@H](CCCCNC(=O)CCCC[C@@H]1SC[C@@H]2NC(=O)N[C@@H]21)C(N)=O. The number of primary amides is 1. The van der Waals surface area contributed by atoms with Crippen LogP contribution >= 0.6 is 11.8 Å². The molecular weight excluding hydrogens is 777 g/mol. The molecule has 2 fully saturated rings. The van der Waals surface area contributed by atoms with Crippen LogP contribution in [-0.4, -0.2) is 119 Å². The van der Waals surface area contributed by atoms with Gasteiger partial charge in [0.05, 0.1) is 25.2 Å². The molecule has 0 radical (unpaired) electrons. The number of nitrogens with one attached hydrogen (secondary N) is 9. The Hall–Kier alpha value is -4.66. The summed E-state index contributed by atoms with van der Waals surface area (Å²) in [5.74, 6) is -4.77. The maximum atomic E-state index is 13.0. The molecule has 58 heavy (non-hydrogen) atoms. The van der Waals surface area contributed by atoms with Crippen LogP contribution in [0.25, 0.3) is 0 Å². The van der Waals surface area contributed by atoms with Crippen molar-refractivity contribution in [3.05, 3.63) is 0 Å². The fourth-order valence-electron chi connectivity index (χ4n) is 6.64. The van der Waals surface area contributed by atoms with Gasteiger partial charge in [0, 0.05) is 36.3 Å². The van der Waals surface area contributed by atoms with Crippen LogP contribution in [0, 0.1) is 17.8 Å². The summed E-state index contributed by atoms with van der Waals surface area (Å²) in [5, 5.41) is 30.4. The van der Waals surface area contributed by atoms with Gasteiger partial charge in [-0.2, -0.15) is 11.8 Å². The average Bonchev–Trinajstić information content (AvgIpc) is 3.71. The molecule has 0 saturated carbocycles. The summed E-state index contributed by atoms with van der Waals surface area (Å²) in [7, 11) is 0. The number of thioether (sulfide) groups is 1. The molecule has 2 aliphatic heterocycles. The highest BCUT2D eigenvalue weighted by atomic mass is 32.2. The van der Waals surface area contributed by atoms with Crippen molar-refractivity contribution in [2.75, 3.05) is 25.4 Å². The zero-order valence-electron chi connectivity index (χ0n) is 34.2. The third-order valence-corrected chi connectivity index (χ3v) is 11.2. The molecule has 0 aliphatic carbocycles. The largest absolute Gasteiger partial charge is 0.368 e. The van der Waals surface area contributed by atoms with Crippen molar-refractivity contribution in [1.82, 2.24) is 48.0 Å². The van der Waals surface area contributed by atoms with Gasteiger partial charge >= 0.3 is 6.03 Å². The number of rotatable bonds is 27. The summed E-state index contributed by atoms with van der Waals surface area (Å²) >= 11 is 1.84. The van der Waals surface area contributed by atoms with Crippen molar-refractivity contribution >= 4 is 65.1 Å². The number of carbonyl (C=O) groups is 9. The number of hydroxylamine groups is 1. The molecule has 1 unspecified atom stereocenters. The predicted octanol–water partition coefficient (Wildman–Crippen LogP) is -1.21. The molecular formula is C37H64N10O10S. The minimum Gasteiger partial charge on any atom is -0.368 e. The van der Waals surface area contributed by atoms with Gasteiger partial charge in [0.25, 0.3) is 0 Å². The van der Waals surface area contributed by atoms with Crippen LogP contribution in [0.5, 0.6) is 0 Å². The Morgan fingerprint density at radius 2 is 1.43 bits per heavy atom. The summed E-state index contributed by atoms with van der Waals surface area (Å²) < 4.78 is 0. The van der Waals surface area contributed by atoms with Gasteiger partial charge in [-0.1, -0.05) is 34.1 Å². The quantitative estimate of drug-likeness (QED) is 0.0202. The minimum absolute atomic E-state index is 0.0456. The molecule has 20 nitrogen and oxygen atoms in total. The van der Waals surface area contributed by atoms with E-state index in [1.165, 1.54) is 12.4 Å². The van der Waals surface area contributed by atoms with Crippen LogP contribution in [0.4, 0.5) is 4.79 Å². The fourth-order valence-corrected chi connectivity index (χ4v) is 8.19. The van der Waals surface area contributed by atoms with E-state index in [0.717, 1.165) is 25.0 Å². The molecule has 2 heterocycles. The van der Waals surface area contributed by atoms with Crippen molar-refractivity contribution in [2.45, 2.75) is 134 Å². The number of fused-ring (bicyclic) bond motifs is 1. The lowest BCUT2D eigenvalue weighted by Crippen LogP contribution is -2.55. The molecule has 7 atom stereocenters. The molecule has 2 saturated heterocycles. The lowest BCUT2D eigenvalue weighted by molar-refractivity contribution is -0.137. The lowest BCUT2D eigenvalue weighted by Gasteiger charge is -2.24. The van der Waals surface area contributed by atoms with Gasteiger partial charge in [0.1, 0.15) is 18.1 Å². The van der Waals surface area contributed by atoms with Crippen molar-refractivity contribution in [1.29, 1.82) is 0 Å². The van der Waals surface area contributed by atoms with E-state index in [9.17, 15) is 43.2 Å². The van der Waals surface area contributed by atoms with Crippen LogP contribution in [0.3, 0.4) is 0 Å². The van der Waals surface area contributed by atoms with Gasteiger partial charge in [-0.3, -0.25) is 43.6 Å². The molecule has 12 N–H and O–H groups in total. The second kappa shape index (κ2) is 25.6. The molecule has 0 spiro atoms. The van der Waals surface area contributed by atoms with Gasteiger partial charge in [0.2, 0.25) is 47.3 Å². The molecule has 2 rings (SSSR count). The van der Waals surface area contributed by atoms with E-state index >= 15 is 0 Å². The molecule has 328 valence electrons. The van der Waals surface area contributed by atoms with Gasteiger partial charge in [-0.25, -0.2) is 10.3 Å². The van der Waals surface area contributed by atoms with Crippen molar-refractivity contribution in [3.8, 4) is 0 Å². The first kappa shape index (κ1) is 49.5. The highest BCUT2D eigenvalue weighted by molar-refractivity contribution is 8.00. The summed E-state index contributed by atoms with van der Waals surface area (Å²) in [6, 6.07) is -2.94. The Morgan fingerprint density at radius 1 is 0.741 bits per heavy atom. The Morgan fingerprint density at radius 3 is 2.09 bits per heavy atom. The van der Waals surface area contributed by atoms with Gasteiger partial charge in [0.15, 0.2) is 0 Å². The lowest BCUT2D eigenvalue weighted by atomic mass is 9.92. The Kier molecular flexibility index (Phi) is 21.9. The zero-order valence-corrected chi connectivity index (χ0v) is 35.0. The molecule has 2 aliphatic rings. The maximum Gasteiger partial charge on any atom is 0.315 e. The van der Waals surface area contributed by atoms with Crippen LogP contribution in [0.2, 0.25) is 0 Å². The number of carbonyl (C=O) groups excluding carboxylic acids is 9. The van der Waals surface area contributed by atoms with Gasteiger partial charge < -0.3 is 48.3 Å². The van der Waals surface area contributed by atoms with E-state index in [0.29, 0.717) is 37.5 Å². The van der Waals surface area contributed by atoms with E-state index in [1.54, 1.807) is 0 Å². The van der Waals surface area contributed by atoms with E-state index < -0.39 is 78.5 Å². The highest BCUT2D eigenvalue weighted by Gasteiger charge is 2.42. The zero-order chi connectivity index (χ0) is 43.4. The number of amides is 10. The molecule has 0 bridgehead atoms. The first-order valence-corrected chi connectivity index (χ1v) is 21.1. The first-order valence-electron chi connectivity index (χ1n) is 20.0. The first-order chi connectivity index (χ1) is 27.4. The molecule has 10 amide bonds. The van der Waals surface area contributed by atoms with E-state index in [-0.39, 0.29) is 55.1 Å². The van der Waals surface area contributed by atoms with E-state index in [1.807, 2.05) is 39.5 Å². The third kappa shape index (κ3) is 18.7. The van der Waals surface area contributed by atoms with Crippen LogP contribution in [-0.2, 0) is 38.4 Å². The van der Waals surface area contributed by atoms with Crippen LogP contribution in [0.1, 0.15) is 98.8 Å². The van der Waals surface area contributed by atoms with Crippen molar-refractivity contribution in [2.24, 2.45) is 23.5 Å². The number of hydrogen-bond acceptors (Lipinski definition) is 11. The monoisotopic (exact) mass is 840 g/mol. The number of urea groups is 1. The van der Waals surface area contributed by atoms with Crippen molar-refractivity contribution < 1.29 is 48.4 Å². The Labute approximate surface area is 343 Å². The summed E-state index contributed by atoms with van der Waals surface area (Å²) in [6.07, 6.45) is 4.42. The van der Waals surface area contributed by atoms with Gasteiger partial charge in [-0.05, 0) is 63.7 Å². The average molecular weight is 841 g/mol. The van der Waals surface area contributed by atoms with Crippen LogP contribution in [0.15, 0.2) is 0 Å². The number of hydrogen-bond donors (Lipinski definition) is 11. The summed E-state index contributed by atoms with van der Waals surface area (Å²) in [4.78, 5) is 111. The smallest absolute Gasteiger partial charge is 0.315 e. The molecule has 0 aromatic heterocycles. The predicted molar refractivity (Wildman–Crippen MR) is 214 cm³/mol. The summed E-state index contributed by atoms with van der Waals surface area (Å²) in [6.45, 7) is 8.17. The minimum atomic E-state index is -1.08.